The maximum Gasteiger partial charge on any atom is 0.265 e. The summed E-state index contributed by atoms with van der Waals surface area (Å²) < 4.78 is 14.1. The summed E-state index contributed by atoms with van der Waals surface area (Å²) in [7, 11) is 0. The first-order chi connectivity index (χ1) is 10.2. The Bertz CT molecular complexity index is 621. The molecular formula is C17H19FN2O. The number of benzene rings is 1. The molecule has 3 rings (SSSR count). The molecule has 1 aromatic carbocycles. The topological polar surface area (TPSA) is 32.3 Å². The monoisotopic (exact) mass is 286 g/mol. The Hall–Kier alpha value is -2.10. The van der Waals surface area contributed by atoms with Crippen molar-refractivity contribution in [2.75, 3.05) is 5.32 Å². The van der Waals surface area contributed by atoms with Crippen LogP contribution in [-0.2, 0) is 0 Å². The van der Waals surface area contributed by atoms with E-state index >= 15 is 0 Å². The van der Waals surface area contributed by atoms with Crippen LogP contribution in [0.15, 0.2) is 42.1 Å². The van der Waals surface area contributed by atoms with E-state index in [-0.39, 0.29) is 17.6 Å². The van der Waals surface area contributed by atoms with Crippen molar-refractivity contribution >= 4 is 11.6 Å². The van der Waals surface area contributed by atoms with E-state index in [2.05, 4.69) is 18.3 Å². The van der Waals surface area contributed by atoms with E-state index in [9.17, 15) is 9.18 Å². The van der Waals surface area contributed by atoms with Crippen LogP contribution >= 0.6 is 0 Å². The molecule has 0 saturated carbocycles. The summed E-state index contributed by atoms with van der Waals surface area (Å²) in [6.45, 7) is 2.08. The molecule has 2 aliphatic rings. The van der Waals surface area contributed by atoms with Crippen molar-refractivity contribution in [3.05, 3.63) is 53.5 Å². The highest BCUT2D eigenvalue weighted by atomic mass is 19.1. The molecule has 0 bridgehead atoms. The van der Waals surface area contributed by atoms with Gasteiger partial charge in [0.25, 0.3) is 5.91 Å². The quantitative estimate of drug-likeness (QED) is 0.909. The van der Waals surface area contributed by atoms with Crippen LogP contribution in [0.1, 0.15) is 43.0 Å². The zero-order valence-electron chi connectivity index (χ0n) is 12.1. The van der Waals surface area contributed by atoms with E-state index < -0.39 is 5.82 Å². The van der Waals surface area contributed by atoms with Gasteiger partial charge in [-0.2, -0.15) is 0 Å². The fourth-order valence-corrected chi connectivity index (χ4v) is 2.92. The summed E-state index contributed by atoms with van der Waals surface area (Å²) in [5.41, 5.74) is 1.60. The number of nitrogens with zero attached hydrogens (tertiary/aromatic N) is 1. The first-order valence-corrected chi connectivity index (χ1v) is 7.47. The lowest BCUT2D eigenvalue weighted by Crippen LogP contribution is -2.48. The number of amides is 1. The van der Waals surface area contributed by atoms with E-state index in [0.29, 0.717) is 5.69 Å². The zero-order chi connectivity index (χ0) is 14.8. The Balaban J connectivity index is 2.04. The lowest BCUT2D eigenvalue weighted by Gasteiger charge is -2.39. The highest BCUT2D eigenvalue weighted by molar-refractivity contribution is 6.03. The van der Waals surface area contributed by atoms with Crippen LogP contribution < -0.4 is 5.32 Å². The first-order valence-electron chi connectivity index (χ1n) is 7.47. The third-order valence-electron chi connectivity index (χ3n) is 3.90. The van der Waals surface area contributed by atoms with Crippen LogP contribution in [-0.4, -0.2) is 17.0 Å². The standard InChI is InChI=1S/C17H19FN2O/c1-2-7-15-19-14-11-6-10-13(18)16(14)17(21)20(15)12-8-4-3-5-9-12/h4,6,8-11,15,19H,2-3,5,7H2,1H3. The molecule has 1 N–H and O–H groups in total. The van der Waals surface area contributed by atoms with Gasteiger partial charge in [0.15, 0.2) is 0 Å². The average Bonchev–Trinajstić information content (AvgIpc) is 2.48. The lowest BCUT2D eigenvalue weighted by atomic mass is 10.0. The summed E-state index contributed by atoms with van der Waals surface area (Å²) in [5.74, 6) is -0.719. The molecule has 21 heavy (non-hydrogen) atoms. The fraction of sp³-hybridized carbons (Fsp3) is 0.353. The molecule has 0 radical (unpaired) electrons. The van der Waals surface area contributed by atoms with Gasteiger partial charge < -0.3 is 5.32 Å². The van der Waals surface area contributed by atoms with E-state index in [1.54, 1.807) is 17.0 Å². The molecule has 1 atom stereocenters. The van der Waals surface area contributed by atoms with E-state index in [1.165, 1.54) is 6.07 Å². The van der Waals surface area contributed by atoms with Gasteiger partial charge in [-0.1, -0.05) is 31.6 Å². The number of fused-ring (bicyclic) bond motifs is 1. The zero-order valence-corrected chi connectivity index (χ0v) is 12.1. The van der Waals surface area contributed by atoms with E-state index in [0.717, 1.165) is 31.4 Å². The van der Waals surface area contributed by atoms with Gasteiger partial charge in [-0.3, -0.25) is 9.69 Å². The lowest BCUT2D eigenvalue weighted by molar-refractivity contribution is 0.0744. The largest absolute Gasteiger partial charge is 0.364 e. The maximum atomic E-state index is 14.1. The smallest absolute Gasteiger partial charge is 0.265 e. The highest BCUT2D eigenvalue weighted by Crippen LogP contribution is 2.32. The molecule has 110 valence electrons. The minimum Gasteiger partial charge on any atom is -0.364 e. The Labute approximate surface area is 124 Å². The SMILES string of the molecule is CCCC1Nc2cccc(F)c2C(=O)N1C1=CCCC=C1. The molecule has 1 amide bonds. The van der Waals surface area contributed by atoms with Gasteiger partial charge >= 0.3 is 0 Å². The van der Waals surface area contributed by atoms with Gasteiger partial charge in [-0.05, 0) is 37.5 Å². The average molecular weight is 286 g/mol. The molecule has 0 aromatic heterocycles. The number of carbonyl (C=O) groups excluding carboxylic acids is 1. The number of hydrogen-bond acceptors (Lipinski definition) is 2. The van der Waals surface area contributed by atoms with Gasteiger partial charge in [0.2, 0.25) is 0 Å². The predicted molar refractivity (Wildman–Crippen MR) is 81.3 cm³/mol. The summed E-state index contributed by atoms with van der Waals surface area (Å²) in [5, 5.41) is 3.31. The van der Waals surface area contributed by atoms with Gasteiger partial charge in [0.05, 0.1) is 11.3 Å². The van der Waals surface area contributed by atoms with Crippen molar-refractivity contribution in [3.8, 4) is 0 Å². The third kappa shape index (κ3) is 2.46. The van der Waals surface area contributed by atoms with Crippen molar-refractivity contribution in [3.63, 3.8) is 0 Å². The molecule has 0 spiro atoms. The van der Waals surface area contributed by atoms with Crippen molar-refractivity contribution in [2.45, 2.75) is 38.8 Å². The summed E-state index contributed by atoms with van der Waals surface area (Å²) in [6, 6.07) is 4.73. The Morgan fingerprint density at radius 1 is 1.38 bits per heavy atom. The normalized spacial score (nSPS) is 20.9. The van der Waals surface area contributed by atoms with Crippen molar-refractivity contribution < 1.29 is 9.18 Å². The second-order valence-corrected chi connectivity index (χ2v) is 5.40. The number of anilines is 1. The summed E-state index contributed by atoms with van der Waals surface area (Å²) >= 11 is 0. The Kier molecular flexibility index (Phi) is 3.78. The maximum absolute atomic E-state index is 14.1. The Morgan fingerprint density at radius 3 is 2.95 bits per heavy atom. The number of rotatable bonds is 3. The van der Waals surface area contributed by atoms with Crippen LogP contribution in [0.3, 0.4) is 0 Å². The number of carbonyl (C=O) groups is 1. The second kappa shape index (κ2) is 5.72. The number of nitrogens with one attached hydrogen (secondary N) is 1. The molecule has 0 saturated heterocycles. The second-order valence-electron chi connectivity index (χ2n) is 5.40. The molecular weight excluding hydrogens is 267 g/mol. The molecule has 3 nitrogen and oxygen atoms in total. The molecule has 1 aliphatic heterocycles. The molecule has 0 fully saturated rings. The van der Waals surface area contributed by atoms with Crippen LogP contribution in [0, 0.1) is 5.82 Å². The molecule has 1 aliphatic carbocycles. The molecule has 1 unspecified atom stereocenters. The van der Waals surface area contributed by atoms with Gasteiger partial charge in [-0.15, -0.1) is 0 Å². The van der Waals surface area contributed by atoms with Crippen molar-refractivity contribution in [1.29, 1.82) is 0 Å². The first kappa shape index (κ1) is 13.9. The van der Waals surface area contributed by atoms with Crippen LogP contribution in [0.2, 0.25) is 0 Å². The van der Waals surface area contributed by atoms with Crippen molar-refractivity contribution in [1.82, 2.24) is 4.90 Å². The van der Waals surface area contributed by atoms with E-state index in [4.69, 9.17) is 0 Å². The minimum atomic E-state index is -0.467. The Morgan fingerprint density at radius 2 is 2.24 bits per heavy atom. The minimum absolute atomic E-state index is 0.120. The number of allylic oxidation sites excluding steroid dienone is 3. The van der Waals surface area contributed by atoms with Gasteiger partial charge in [0.1, 0.15) is 12.0 Å². The fourth-order valence-electron chi connectivity index (χ4n) is 2.92. The highest BCUT2D eigenvalue weighted by Gasteiger charge is 2.35. The summed E-state index contributed by atoms with van der Waals surface area (Å²) in [4.78, 5) is 14.5. The van der Waals surface area contributed by atoms with Gasteiger partial charge in [-0.25, -0.2) is 4.39 Å². The third-order valence-corrected chi connectivity index (χ3v) is 3.90. The van der Waals surface area contributed by atoms with Crippen molar-refractivity contribution in [2.24, 2.45) is 0 Å². The number of hydrogen-bond donors (Lipinski definition) is 1. The van der Waals surface area contributed by atoms with Gasteiger partial charge in [0, 0.05) is 5.70 Å². The van der Waals surface area contributed by atoms with E-state index in [1.807, 2.05) is 12.2 Å². The van der Waals surface area contributed by atoms with Crippen LogP contribution in [0.25, 0.3) is 0 Å². The predicted octanol–water partition coefficient (Wildman–Crippen LogP) is 4.05. The molecule has 4 heteroatoms. The van der Waals surface area contributed by atoms with Crippen LogP contribution in [0.4, 0.5) is 10.1 Å². The van der Waals surface area contributed by atoms with Crippen LogP contribution in [0.5, 0.6) is 0 Å². The molecule has 1 heterocycles. The molecule has 1 aromatic rings. The number of halogens is 1. The summed E-state index contributed by atoms with van der Waals surface area (Å²) in [6.07, 6.45) is 9.62.